The van der Waals surface area contributed by atoms with Crippen LogP contribution >= 0.6 is 12.2 Å². The van der Waals surface area contributed by atoms with Crippen LogP contribution in [-0.2, 0) is 4.79 Å². The Labute approximate surface area is 63.8 Å². The highest BCUT2D eigenvalue weighted by Gasteiger charge is 2.02. The van der Waals surface area contributed by atoms with Crippen molar-refractivity contribution in [2.75, 3.05) is 13.7 Å². The summed E-state index contributed by atoms with van der Waals surface area (Å²) >= 11 is 4.49. The summed E-state index contributed by atoms with van der Waals surface area (Å²) in [6.45, 7) is -0.576. The van der Waals surface area contributed by atoms with Crippen molar-refractivity contribution in [2.45, 2.75) is 0 Å². The molecule has 0 unspecified atom stereocenters. The number of hydrogen-bond donors (Lipinski definition) is 3. The van der Waals surface area contributed by atoms with E-state index in [9.17, 15) is 4.79 Å². The van der Waals surface area contributed by atoms with Crippen LogP contribution in [0.25, 0.3) is 0 Å². The molecule has 4 N–H and O–H groups in total. The number of hydrogen-bond acceptors (Lipinski definition) is 3. The van der Waals surface area contributed by atoms with Gasteiger partial charge in [-0.2, -0.15) is 0 Å². The molecule has 1 amide bonds. The third kappa shape index (κ3) is 3.21. The van der Waals surface area contributed by atoms with E-state index in [1.807, 2.05) is 0 Å². The number of carbonyl (C=O) groups excluding carboxylic acids is 1. The minimum atomic E-state index is -0.576. The van der Waals surface area contributed by atoms with Crippen LogP contribution in [0.3, 0.4) is 0 Å². The van der Waals surface area contributed by atoms with E-state index in [-0.39, 0.29) is 5.11 Å². The van der Waals surface area contributed by atoms with Gasteiger partial charge in [-0.05, 0) is 12.2 Å². The van der Waals surface area contributed by atoms with E-state index in [4.69, 9.17) is 10.8 Å². The van der Waals surface area contributed by atoms with E-state index in [1.54, 1.807) is 0 Å². The van der Waals surface area contributed by atoms with Gasteiger partial charge in [-0.25, -0.2) is 0 Å². The summed E-state index contributed by atoms with van der Waals surface area (Å²) in [6.07, 6.45) is 0. The van der Waals surface area contributed by atoms with E-state index in [2.05, 4.69) is 17.6 Å². The monoisotopic (exact) mass is 163 g/mol. The molecule has 0 heterocycles. The van der Waals surface area contributed by atoms with Crippen LogP contribution in [0.15, 0.2) is 0 Å². The number of thiocarbonyl (C=S) groups is 1. The Kier molecular flexibility index (Phi) is 3.67. The number of nitrogens with two attached hydrogens (primary N) is 1. The summed E-state index contributed by atoms with van der Waals surface area (Å²) in [5, 5.41) is 9.43. The van der Waals surface area contributed by atoms with Gasteiger partial charge >= 0.3 is 0 Å². The highest BCUT2D eigenvalue weighted by Crippen LogP contribution is 1.73. The lowest BCUT2D eigenvalue weighted by atomic mass is 10.7. The maximum absolute atomic E-state index is 10.4. The molecule has 0 bridgehead atoms. The Bertz CT molecular complexity index is 149. The van der Waals surface area contributed by atoms with Crippen molar-refractivity contribution in [3.63, 3.8) is 0 Å². The van der Waals surface area contributed by atoms with E-state index >= 15 is 0 Å². The lowest BCUT2D eigenvalue weighted by Crippen LogP contribution is -2.46. The molecule has 6 heteroatoms. The van der Waals surface area contributed by atoms with Gasteiger partial charge in [0.05, 0.1) is 0 Å². The zero-order valence-corrected chi connectivity index (χ0v) is 6.31. The van der Waals surface area contributed by atoms with Crippen molar-refractivity contribution in [1.82, 2.24) is 10.4 Å². The van der Waals surface area contributed by atoms with Crippen LogP contribution in [0.2, 0.25) is 0 Å². The summed E-state index contributed by atoms with van der Waals surface area (Å²) in [7, 11) is 1.48. The quantitative estimate of drug-likeness (QED) is 0.313. The Balaban J connectivity index is 3.68. The number of rotatable bonds is 1. The molecule has 0 spiro atoms. The van der Waals surface area contributed by atoms with Crippen LogP contribution in [-0.4, -0.2) is 34.8 Å². The smallest absolute Gasteiger partial charge is 0.264 e. The van der Waals surface area contributed by atoms with Gasteiger partial charge in [-0.15, -0.1) is 0 Å². The standard InChI is InChI=1S/C4H9N3O2S/c1-7(4(5)10)6-3(9)2-8/h8H,2H2,1H3,(H2,5,10)(H,6,9). The summed E-state index contributed by atoms with van der Waals surface area (Å²) in [5.74, 6) is -0.546. The summed E-state index contributed by atoms with van der Waals surface area (Å²) in [5.41, 5.74) is 7.31. The molecular formula is C4H9N3O2S. The first-order valence-corrected chi connectivity index (χ1v) is 2.92. The molecule has 0 atom stereocenters. The fourth-order valence-corrected chi connectivity index (χ4v) is 0.323. The van der Waals surface area contributed by atoms with Gasteiger partial charge in [-0.3, -0.25) is 15.2 Å². The topological polar surface area (TPSA) is 78.6 Å². The van der Waals surface area contributed by atoms with Crippen molar-refractivity contribution in [3.8, 4) is 0 Å². The molecule has 0 aliphatic heterocycles. The third-order valence-corrected chi connectivity index (χ3v) is 1.04. The minimum absolute atomic E-state index is 0.0433. The number of aliphatic hydroxyl groups is 1. The molecule has 0 radical (unpaired) electrons. The van der Waals surface area contributed by atoms with Crippen molar-refractivity contribution in [3.05, 3.63) is 0 Å². The molecule has 10 heavy (non-hydrogen) atoms. The third-order valence-electron chi connectivity index (χ3n) is 0.767. The average molecular weight is 163 g/mol. The second-order valence-corrected chi connectivity index (χ2v) is 2.01. The van der Waals surface area contributed by atoms with Gasteiger partial charge < -0.3 is 10.8 Å². The first-order chi connectivity index (χ1) is 4.57. The second-order valence-electron chi connectivity index (χ2n) is 1.59. The van der Waals surface area contributed by atoms with E-state index in [0.717, 1.165) is 5.01 Å². The molecule has 0 aromatic heterocycles. The van der Waals surface area contributed by atoms with Crippen LogP contribution in [0.1, 0.15) is 0 Å². The van der Waals surface area contributed by atoms with Crippen molar-refractivity contribution in [2.24, 2.45) is 5.73 Å². The SMILES string of the molecule is CN(NC(=O)CO)C(N)=S. The molecule has 5 nitrogen and oxygen atoms in total. The molecule has 58 valence electrons. The van der Waals surface area contributed by atoms with Crippen LogP contribution < -0.4 is 11.2 Å². The lowest BCUT2D eigenvalue weighted by Gasteiger charge is -2.16. The number of aliphatic hydroxyl groups excluding tert-OH is 1. The zero-order valence-electron chi connectivity index (χ0n) is 5.50. The van der Waals surface area contributed by atoms with Crippen molar-refractivity contribution < 1.29 is 9.90 Å². The predicted molar refractivity (Wildman–Crippen MR) is 39.8 cm³/mol. The molecule has 0 saturated heterocycles. The molecule has 0 aliphatic carbocycles. The average Bonchev–Trinajstić information content (AvgIpc) is 1.87. The number of hydrazine groups is 1. The largest absolute Gasteiger partial charge is 0.386 e. The fourth-order valence-electron chi connectivity index (χ4n) is 0.278. The van der Waals surface area contributed by atoms with Gasteiger partial charge in [0.25, 0.3) is 5.91 Å². The normalized spacial score (nSPS) is 8.60. The molecule has 0 fully saturated rings. The summed E-state index contributed by atoms with van der Waals surface area (Å²) in [6, 6.07) is 0. The first-order valence-electron chi connectivity index (χ1n) is 2.51. The Hall–Kier alpha value is -0.880. The van der Waals surface area contributed by atoms with Gasteiger partial charge in [0.2, 0.25) is 0 Å². The Morgan fingerprint density at radius 2 is 2.40 bits per heavy atom. The van der Waals surface area contributed by atoms with Crippen molar-refractivity contribution in [1.29, 1.82) is 0 Å². The number of carbonyl (C=O) groups is 1. The summed E-state index contributed by atoms with van der Waals surface area (Å²) in [4.78, 5) is 10.4. The van der Waals surface area contributed by atoms with Gasteiger partial charge in [0, 0.05) is 7.05 Å². The van der Waals surface area contributed by atoms with Crippen LogP contribution in [0.4, 0.5) is 0 Å². The molecule has 0 aromatic rings. The van der Waals surface area contributed by atoms with Gasteiger partial charge in [0.1, 0.15) is 6.61 Å². The van der Waals surface area contributed by atoms with E-state index in [1.165, 1.54) is 7.05 Å². The maximum Gasteiger partial charge on any atom is 0.264 e. The highest BCUT2D eigenvalue weighted by molar-refractivity contribution is 7.80. The Morgan fingerprint density at radius 3 is 2.70 bits per heavy atom. The predicted octanol–water partition coefficient (Wildman–Crippen LogP) is -1.81. The van der Waals surface area contributed by atoms with E-state index in [0.29, 0.717) is 0 Å². The Morgan fingerprint density at radius 1 is 1.90 bits per heavy atom. The number of nitrogens with zero attached hydrogens (tertiary/aromatic N) is 1. The molecule has 0 rings (SSSR count). The summed E-state index contributed by atoms with van der Waals surface area (Å²) < 4.78 is 0. The zero-order chi connectivity index (χ0) is 8.15. The molecule has 0 aliphatic rings. The number of amides is 1. The molecule has 0 aromatic carbocycles. The van der Waals surface area contributed by atoms with E-state index < -0.39 is 12.5 Å². The molecular weight excluding hydrogens is 154 g/mol. The second kappa shape index (κ2) is 4.02. The van der Waals surface area contributed by atoms with Gasteiger partial charge in [0.15, 0.2) is 5.11 Å². The van der Waals surface area contributed by atoms with Crippen LogP contribution in [0, 0.1) is 0 Å². The number of nitrogens with one attached hydrogen (secondary N) is 1. The highest BCUT2D eigenvalue weighted by atomic mass is 32.1. The minimum Gasteiger partial charge on any atom is -0.386 e. The van der Waals surface area contributed by atoms with Crippen LogP contribution in [0.5, 0.6) is 0 Å². The first kappa shape index (κ1) is 9.12. The maximum atomic E-state index is 10.4. The fraction of sp³-hybridized carbons (Fsp3) is 0.500. The van der Waals surface area contributed by atoms with Crippen molar-refractivity contribution >= 4 is 23.2 Å². The lowest BCUT2D eigenvalue weighted by molar-refractivity contribution is -0.126. The molecule has 0 saturated carbocycles. The van der Waals surface area contributed by atoms with Gasteiger partial charge in [-0.1, -0.05) is 0 Å².